The van der Waals surface area contributed by atoms with Crippen molar-refractivity contribution in [1.29, 1.82) is 0 Å². The average molecular weight is 365 g/mol. The predicted molar refractivity (Wildman–Crippen MR) is 107 cm³/mol. The van der Waals surface area contributed by atoms with E-state index < -0.39 is 0 Å². The lowest BCUT2D eigenvalue weighted by molar-refractivity contribution is 0.216. The molecule has 1 N–H and O–H groups in total. The molecule has 0 bridgehead atoms. The maximum Gasteiger partial charge on any atom is 0.165 e. The summed E-state index contributed by atoms with van der Waals surface area (Å²) in [6.45, 7) is 5.48. The molecule has 3 aromatic rings. The zero-order valence-electron chi connectivity index (χ0n) is 14.9. The summed E-state index contributed by atoms with van der Waals surface area (Å²) in [7, 11) is 0. The number of aromatic hydroxyl groups is 1. The molecule has 2 aromatic carbocycles. The van der Waals surface area contributed by atoms with Crippen LogP contribution in [-0.2, 0) is 6.54 Å². The number of benzene rings is 2. The molecule has 0 radical (unpaired) electrons. The molecule has 0 unspecified atom stereocenters. The van der Waals surface area contributed by atoms with Crippen molar-refractivity contribution in [2.45, 2.75) is 19.4 Å². The number of ether oxygens (including phenoxy) is 1. The standard InChI is InChI=1S/C22H23NO2S/c1-16(17-6-3-2-4-7-17)14-23-9-10-25-22-19(15-23)12-18(13-20(22)24)21-8-5-11-26-21/h2-8,11-13,16,24H,9-10,14-15H2,1H3/t16-/m1/s1. The van der Waals surface area contributed by atoms with Crippen molar-refractivity contribution >= 4 is 11.3 Å². The lowest BCUT2D eigenvalue weighted by Crippen LogP contribution is -2.29. The number of phenols is 1. The maximum absolute atomic E-state index is 10.5. The minimum absolute atomic E-state index is 0.240. The molecule has 0 aliphatic carbocycles. The Morgan fingerprint density at radius 3 is 2.77 bits per heavy atom. The van der Waals surface area contributed by atoms with Crippen molar-refractivity contribution in [3.05, 3.63) is 71.1 Å². The van der Waals surface area contributed by atoms with Gasteiger partial charge in [0.25, 0.3) is 0 Å². The van der Waals surface area contributed by atoms with Crippen LogP contribution in [-0.4, -0.2) is 29.7 Å². The molecule has 0 saturated heterocycles. The highest BCUT2D eigenvalue weighted by Gasteiger charge is 2.21. The van der Waals surface area contributed by atoms with Crippen molar-refractivity contribution in [3.8, 4) is 21.9 Å². The molecule has 0 saturated carbocycles. The van der Waals surface area contributed by atoms with Gasteiger partial charge in [-0.3, -0.25) is 4.90 Å². The molecule has 1 aliphatic heterocycles. The van der Waals surface area contributed by atoms with E-state index >= 15 is 0 Å². The number of fused-ring (bicyclic) bond motifs is 1. The molecule has 0 amide bonds. The number of hydrogen-bond donors (Lipinski definition) is 1. The van der Waals surface area contributed by atoms with Gasteiger partial charge in [0.05, 0.1) is 0 Å². The molecule has 1 aromatic heterocycles. The number of nitrogens with zero attached hydrogens (tertiary/aromatic N) is 1. The number of phenolic OH excluding ortho intramolecular Hbond substituents is 1. The highest BCUT2D eigenvalue weighted by molar-refractivity contribution is 7.13. The van der Waals surface area contributed by atoms with Gasteiger partial charge in [0.15, 0.2) is 11.5 Å². The molecule has 26 heavy (non-hydrogen) atoms. The number of thiophene rings is 1. The van der Waals surface area contributed by atoms with Crippen LogP contribution in [0.3, 0.4) is 0 Å². The predicted octanol–water partition coefficient (Wildman–Crippen LogP) is 5.12. The summed E-state index contributed by atoms with van der Waals surface area (Å²) in [4.78, 5) is 3.58. The first-order valence-corrected chi connectivity index (χ1v) is 9.88. The molecule has 4 rings (SSSR count). The van der Waals surface area contributed by atoms with Crippen LogP contribution in [0.25, 0.3) is 10.4 Å². The Morgan fingerprint density at radius 1 is 1.15 bits per heavy atom. The Balaban J connectivity index is 1.57. The van der Waals surface area contributed by atoms with E-state index in [2.05, 4.69) is 59.7 Å². The third kappa shape index (κ3) is 3.62. The zero-order valence-corrected chi connectivity index (χ0v) is 15.7. The van der Waals surface area contributed by atoms with Crippen LogP contribution < -0.4 is 4.74 Å². The second kappa shape index (κ2) is 7.52. The van der Waals surface area contributed by atoms with Gasteiger partial charge in [-0.1, -0.05) is 43.3 Å². The van der Waals surface area contributed by atoms with Gasteiger partial charge in [0, 0.05) is 30.1 Å². The van der Waals surface area contributed by atoms with Gasteiger partial charge in [-0.05, 0) is 40.6 Å². The summed E-state index contributed by atoms with van der Waals surface area (Å²) >= 11 is 1.68. The average Bonchev–Trinajstić information content (AvgIpc) is 3.11. The molecule has 134 valence electrons. The van der Waals surface area contributed by atoms with Gasteiger partial charge < -0.3 is 9.84 Å². The second-order valence-corrected chi connectivity index (χ2v) is 7.80. The van der Waals surface area contributed by atoms with Gasteiger partial charge in [-0.25, -0.2) is 0 Å². The fraction of sp³-hybridized carbons (Fsp3) is 0.273. The Bertz CT molecular complexity index is 861. The molecule has 3 nitrogen and oxygen atoms in total. The van der Waals surface area contributed by atoms with Crippen LogP contribution in [0.15, 0.2) is 60.0 Å². The fourth-order valence-electron chi connectivity index (χ4n) is 3.57. The van der Waals surface area contributed by atoms with Gasteiger partial charge in [-0.15, -0.1) is 11.3 Å². The van der Waals surface area contributed by atoms with Crippen LogP contribution in [0.5, 0.6) is 11.5 Å². The zero-order chi connectivity index (χ0) is 17.9. The van der Waals surface area contributed by atoms with Crippen molar-refractivity contribution in [3.63, 3.8) is 0 Å². The molecule has 0 fully saturated rings. The maximum atomic E-state index is 10.5. The third-order valence-corrected chi connectivity index (χ3v) is 5.82. The SMILES string of the molecule is C[C@H](CN1CCOc2c(O)cc(-c3cccs3)cc2C1)c1ccccc1. The van der Waals surface area contributed by atoms with Crippen LogP contribution >= 0.6 is 11.3 Å². The topological polar surface area (TPSA) is 32.7 Å². The third-order valence-electron chi connectivity index (χ3n) is 4.90. The van der Waals surface area contributed by atoms with E-state index in [4.69, 9.17) is 4.74 Å². The first-order valence-electron chi connectivity index (χ1n) is 9.00. The lowest BCUT2D eigenvalue weighted by Gasteiger charge is -2.24. The summed E-state index contributed by atoms with van der Waals surface area (Å²) in [5, 5.41) is 12.5. The van der Waals surface area contributed by atoms with E-state index in [9.17, 15) is 5.11 Å². The molecular formula is C22H23NO2S. The van der Waals surface area contributed by atoms with Crippen molar-refractivity contribution in [2.75, 3.05) is 19.7 Å². The van der Waals surface area contributed by atoms with Crippen LogP contribution in [0.2, 0.25) is 0 Å². The highest BCUT2D eigenvalue weighted by atomic mass is 32.1. The van der Waals surface area contributed by atoms with E-state index in [1.54, 1.807) is 11.3 Å². The van der Waals surface area contributed by atoms with Gasteiger partial charge in [0.1, 0.15) is 6.61 Å². The molecule has 1 atom stereocenters. The largest absolute Gasteiger partial charge is 0.504 e. The number of rotatable bonds is 4. The highest BCUT2D eigenvalue weighted by Crippen LogP contribution is 2.39. The second-order valence-electron chi connectivity index (χ2n) is 6.86. The Morgan fingerprint density at radius 2 is 2.00 bits per heavy atom. The van der Waals surface area contributed by atoms with Gasteiger partial charge in [-0.2, -0.15) is 0 Å². The van der Waals surface area contributed by atoms with Gasteiger partial charge in [0.2, 0.25) is 0 Å². The van der Waals surface area contributed by atoms with E-state index in [1.165, 1.54) is 5.56 Å². The summed E-state index contributed by atoms with van der Waals surface area (Å²) < 4.78 is 5.88. The minimum atomic E-state index is 0.240. The fourth-order valence-corrected chi connectivity index (χ4v) is 4.28. The van der Waals surface area contributed by atoms with E-state index in [0.717, 1.165) is 35.6 Å². The first kappa shape index (κ1) is 17.1. The number of hydrogen-bond acceptors (Lipinski definition) is 4. The monoisotopic (exact) mass is 365 g/mol. The van der Waals surface area contributed by atoms with Gasteiger partial charge >= 0.3 is 0 Å². The van der Waals surface area contributed by atoms with Crippen molar-refractivity contribution in [2.24, 2.45) is 0 Å². The van der Waals surface area contributed by atoms with E-state index in [1.807, 2.05) is 12.1 Å². The summed E-state index contributed by atoms with van der Waals surface area (Å²) in [6, 6.07) is 18.7. The van der Waals surface area contributed by atoms with Crippen LogP contribution in [0, 0.1) is 0 Å². The summed E-state index contributed by atoms with van der Waals surface area (Å²) in [5.41, 5.74) is 3.47. The van der Waals surface area contributed by atoms with Crippen LogP contribution in [0.1, 0.15) is 24.0 Å². The molecule has 4 heteroatoms. The Labute approximate surface area is 158 Å². The quantitative estimate of drug-likeness (QED) is 0.697. The molecular weight excluding hydrogens is 342 g/mol. The minimum Gasteiger partial charge on any atom is -0.504 e. The lowest BCUT2D eigenvalue weighted by atomic mass is 10.00. The van der Waals surface area contributed by atoms with Crippen LogP contribution in [0.4, 0.5) is 0 Å². The van der Waals surface area contributed by atoms with Crippen molar-refractivity contribution < 1.29 is 9.84 Å². The van der Waals surface area contributed by atoms with Crippen molar-refractivity contribution in [1.82, 2.24) is 4.90 Å². The van der Waals surface area contributed by atoms with E-state index in [-0.39, 0.29) is 5.75 Å². The molecule has 1 aliphatic rings. The summed E-state index contributed by atoms with van der Waals surface area (Å²) in [5.74, 6) is 1.33. The van der Waals surface area contributed by atoms with E-state index in [0.29, 0.717) is 18.3 Å². The first-order chi connectivity index (χ1) is 12.7. The Hall–Kier alpha value is -2.30. The molecule has 2 heterocycles. The normalized spacial score (nSPS) is 15.7. The molecule has 0 spiro atoms. The smallest absolute Gasteiger partial charge is 0.165 e. The Kier molecular flexibility index (Phi) is 4.96. The summed E-state index contributed by atoms with van der Waals surface area (Å²) in [6.07, 6.45) is 0.